The molecule has 11 heteroatoms. The van der Waals surface area contributed by atoms with Crippen molar-refractivity contribution < 1.29 is 10.0 Å². The van der Waals surface area contributed by atoms with E-state index in [-0.39, 0.29) is 5.02 Å². The molecular weight excluding hydrogens is 489 g/mol. The maximum absolute atomic E-state index is 12.8. The summed E-state index contributed by atoms with van der Waals surface area (Å²) in [4.78, 5) is 16.0. The topological polar surface area (TPSA) is 84.0 Å². The Labute approximate surface area is 204 Å². The lowest BCUT2D eigenvalue weighted by atomic mass is 10.1. The van der Waals surface area contributed by atoms with Gasteiger partial charge in [-0.1, -0.05) is 65.4 Å². The average Bonchev–Trinajstić information content (AvgIpc) is 3.25. The summed E-state index contributed by atoms with van der Waals surface area (Å²) in [6.45, 7) is 3.76. The van der Waals surface area contributed by atoms with Gasteiger partial charge < -0.3 is 10.3 Å². The lowest BCUT2D eigenvalue weighted by Crippen LogP contribution is -2.54. The highest BCUT2D eigenvalue weighted by atomic mass is 35.5. The lowest BCUT2D eigenvalue weighted by Gasteiger charge is -2.34. The zero-order valence-corrected chi connectivity index (χ0v) is 20.2. The minimum Gasteiger partial charge on any atom is -0.361 e. The Morgan fingerprint density at radius 3 is 2.81 bits per heavy atom. The fourth-order valence-electron chi connectivity index (χ4n) is 3.42. The van der Waals surface area contributed by atoms with Crippen LogP contribution in [0, 0.1) is 0 Å². The number of benzene rings is 2. The molecule has 2 amide bonds. The highest BCUT2D eigenvalue weighted by molar-refractivity contribution is 8.24. The number of hydroxylamine groups is 2. The number of aromatic amines is 1. The second-order valence-corrected chi connectivity index (χ2v) is 10.7. The third-order valence-corrected chi connectivity index (χ3v) is 7.22. The number of anilines is 1. The number of nitrogens with zero attached hydrogens (tertiary/aromatic N) is 3. The fourth-order valence-corrected chi connectivity index (χ4v) is 5.50. The molecule has 0 saturated carbocycles. The monoisotopic (exact) mass is 507 g/mol. The van der Waals surface area contributed by atoms with Gasteiger partial charge in [-0.25, -0.2) is 9.80 Å². The SMILES string of the molecule is CC1(C)SC(=S)N(/N=C/c2c[nH]c3ccccc23)C1N(O)C(=O)Nc1ccc(Cl)c(Cl)c1. The molecule has 2 aromatic carbocycles. The number of fused-ring (bicyclic) bond motifs is 1. The molecule has 4 rings (SSSR count). The molecule has 1 saturated heterocycles. The summed E-state index contributed by atoms with van der Waals surface area (Å²) >= 11 is 18.8. The second kappa shape index (κ2) is 8.92. The number of aromatic nitrogens is 1. The summed E-state index contributed by atoms with van der Waals surface area (Å²) in [6.07, 6.45) is 2.66. The van der Waals surface area contributed by atoms with Gasteiger partial charge in [-0.15, -0.1) is 0 Å². The number of thioether (sulfide) groups is 1. The molecule has 3 aromatic rings. The van der Waals surface area contributed by atoms with Gasteiger partial charge in [-0.3, -0.25) is 5.21 Å². The first-order valence-corrected chi connectivity index (χ1v) is 11.5. The Hall–Kier alpha value is -2.30. The van der Waals surface area contributed by atoms with Crippen LogP contribution in [-0.2, 0) is 0 Å². The number of halogens is 2. The van der Waals surface area contributed by atoms with E-state index in [0.29, 0.717) is 20.1 Å². The third-order valence-electron chi connectivity index (χ3n) is 4.94. The van der Waals surface area contributed by atoms with E-state index >= 15 is 0 Å². The van der Waals surface area contributed by atoms with Crippen molar-refractivity contribution in [2.45, 2.75) is 24.8 Å². The number of para-hydroxylation sites is 1. The van der Waals surface area contributed by atoms with Gasteiger partial charge in [0.15, 0.2) is 10.5 Å². The minimum atomic E-state index is -0.843. The number of hydrogen-bond acceptors (Lipinski definition) is 5. The number of amides is 2. The van der Waals surface area contributed by atoms with Crippen LogP contribution in [0.25, 0.3) is 10.9 Å². The first-order chi connectivity index (χ1) is 15.2. The molecule has 0 aliphatic carbocycles. The molecule has 1 unspecified atom stereocenters. The van der Waals surface area contributed by atoms with Crippen LogP contribution in [0.4, 0.5) is 10.5 Å². The van der Waals surface area contributed by atoms with Crippen molar-refractivity contribution in [2.24, 2.45) is 5.10 Å². The highest BCUT2D eigenvalue weighted by Gasteiger charge is 2.50. The van der Waals surface area contributed by atoms with Crippen molar-refractivity contribution in [3.63, 3.8) is 0 Å². The molecule has 0 radical (unpaired) electrons. The molecule has 32 heavy (non-hydrogen) atoms. The standard InChI is InChI=1S/C21H19Cl2N5O2S2/c1-21(2)18(28(30)19(29)26-13-7-8-15(22)16(23)9-13)27(20(31)32-21)25-11-12-10-24-17-6-4-3-5-14(12)17/h3-11,18,24,30H,1-2H3,(H,26,29)/b25-11+. The summed E-state index contributed by atoms with van der Waals surface area (Å²) in [6, 6.07) is 11.7. The molecule has 2 heterocycles. The lowest BCUT2D eigenvalue weighted by molar-refractivity contribution is -0.114. The molecule has 1 atom stereocenters. The quantitative estimate of drug-likeness (QED) is 0.170. The van der Waals surface area contributed by atoms with E-state index in [1.165, 1.54) is 22.8 Å². The minimum absolute atomic E-state index is 0.289. The second-order valence-electron chi connectivity index (χ2n) is 7.63. The van der Waals surface area contributed by atoms with Gasteiger partial charge in [0.1, 0.15) is 0 Å². The number of carbonyl (C=O) groups excluding carboxylic acids is 1. The molecule has 1 aromatic heterocycles. The van der Waals surface area contributed by atoms with Gasteiger partial charge in [0.2, 0.25) is 0 Å². The predicted octanol–water partition coefficient (Wildman–Crippen LogP) is 6.17. The number of thiocarbonyl (C=S) groups is 1. The Morgan fingerprint density at radius 2 is 2.06 bits per heavy atom. The molecule has 1 aliphatic heterocycles. The van der Waals surface area contributed by atoms with Crippen molar-refractivity contribution in [1.29, 1.82) is 0 Å². The Morgan fingerprint density at radius 1 is 1.31 bits per heavy atom. The molecule has 1 fully saturated rings. The van der Waals surface area contributed by atoms with Crippen molar-refractivity contribution in [3.05, 3.63) is 64.3 Å². The van der Waals surface area contributed by atoms with Crippen LogP contribution in [0.15, 0.2) is 53.8 Å². The van der Waals surface area contributed by atoms with Crippen molar-refractivity contribution >= 4 is 80.3 Å². The Balaban J connectivity index is 1.58. The van der Waals surface area contributed by atoms with Crippen molar-refractivity contribution in [1.82, 2.24) is 15.1 Å². The summed E-state index contributed by atoms with van der Waals surface area (Å²) in [5, 5.41) is 21.7. The van der Waals surface area contributed by atoms with Gasteiger partial charge in [-0.05, 0) is 38.1 Å². The summed E-state index contributed by atoms with van der Waals surface area (Å²) in [5.41, 5.74) is 2.24. The predicted molar refractivity (Wildman–Crippen MR) is 135 cm³/mol. The normalized spacial score (nSPS) is 18.0. The largest absolute Gasteiger partial charge is 0.361 e. The van der Waals surface area contributed by atoms with Crippen LogP contribution in [-0.4, -0.2) is 47.7 Å². The molecular formula is C21H19Cl2N5O2S2. The van der Waals surface area contributed by atoms with E-state index in [9.17, 15) is 10.0 Å². The van der Waals surface area contributed by atoms with Crippen LogP contribution >= 0.6 is 47.2 Å². The summed E-state index contributed by atoms with van der Waals surface area (Å²) < 4.78 is -0.185. The van der Waals surface area contributed by atoms with E-state index in [1.807, 2.05) is 44.3 Å². The Kier molecular flexibility index (Phi) is 6.37. The van der Waals surface area contributed by atoms with E-state index in [0.717, 1.165) is 16.5 Å². The number of hydrogen-bond donors (Lipinski definition) is 3. The van der Waals surface area contributed by atoms with Crippen molar-refractivity contribution in [2.75, 3.05) is 5.32 Å². The highest BCUT2D eigenvalue weighted by Crippen LogP contribution is 2.42. The van der Waals surface area contributed by atoms with Crippen LogP contribution in [0.2, 0.25) is 10.0 Å². The summed E-state index contributed by atoms with van der Waals surface area (Å²) in [7, 11) is 0. The number of hydrazone groups is 1. The van der Waals surface area contributed by atoms with E-state index in [4.69, 9.17) is 35.4 Å². The number of nitrogens with one attached hydrogen (secondary N) is 2. The molecule has 166 valence electrons. The summed E-state index contributed by atoms with van der Waals surface area (Å²) in [5.74, 6) is 0. The molecule has 0 bridgehead atoms. The van der Waals surface area contributed by atoms with Crippen LogP contribution in [0.1, 0.15) is 19.4 Å². The van der Waals surface area contributed by atoms with Crippen molar-refractivity contribution in [3.8, 4) is 0 Å². The van der Waals surface area contributed by atoms with E-state index in [1.54, 1.807) is 18.3 Å². The first-order valence-electron chi connectivity index (χ1n) is 9.54. The maximum atomic E-state index is 12.8. The molecule has 3 N–H and O–H groups in total. The Bertz CT molecular complexity index is 1230. The number of rotatable bonds is 4. The number of H-pyrrole nitrogens is 1. The zero-order valence-electron chi connectivity index (χ0n) is 17.0. The van der Waals surface area contributed by atoms with Crippen LogP contribution in [0.3, 0.4) is 0 Å². The average molecular weight is 508 g/mol. The van der Waals surface area contributed by atoms with Gasteiger partial charge in [0, 0.05) is 28.4 Å². The van der Waals surface area contributed by atoms with E-state index in [2.05, 4.69) is 15.4 Å². The van der Waals surface area contributed by atoms with Gasteiger partial charge >= 0.3 is 6.03 Å². The zero-order chi connectivity index (χ0) is 23.0. The first kappa shape index (κ1) is 22.9. The molecule has 1 aliphatic rings. The van der Waals surface area contributed by atoms with Crippen LogP contribution in [0.5, 0.6) is 0 Å². The third kappa shape index (κ3) is 4.44. The molecule has 7 nitrogen and oxygen atoms in total. The van der Waals surface area contributed by atoms with Gasteiger partial charge in [-0.2, -0.15) is 10.2 Å². The van der Waals surface area contributed by atoms with Gasteiger partial charge in [0.25, 0.3) is 0 Å². The fraction of sp³-hybridized carbons (Fsp3) is 0.190. The van der Waals surface area contributed by atoms with E-state index < -0.39 is 16.9 Å². The smallest absolute Gasteiger partial charge is 0.347 e. The molecule has 0 spiro atoms. The van der Waals surface area contributed by atoms with Crippen LogP contribution < -0.4 is 5.32 Å². The maximum Gasteiger partial charge on any atom is 0.347 e. The van der Waals surface area contributed by atoms with Gasteiger partial charge in [0.05, 0.1) is 21.0 Å². The number of carbonyl (C=O) groups is 1. The number of urea groups is 1.